The Morgan fingerprint density at radius 2 is 1.77 bits per heavy atom. The summed E-state index contributed by atoms with van der Waals surface area (Å²) in [5.74, 6) is 0.673. The van der Waals surface area contributed by atoms with Crippen LogP contribution in [-0.2, 0) is 6.54 Å². The standard InChI is InChI=1S/C17H20N8O/c1-14-13-23(2)22-25(14)21-19-16-8-6-15(7-9-16)18-20-17-5-3-4-10-24(17)11-12-26/h3-10,13,26H,11-12H2,1-2H3/q+1. The second-order valence-electron chi connectivity index (χ2n) is 5.60. The van der Waals surface area contributed by atoms with Crippen molar-refractivity contribution in [2.24, 2.45) is 20.6 Å². The summed E-state index contributed by atoms with van der Waals surface area (Å²) < 4.78 is 1.83. The Morgan fingerprint density at radius 1 is 1.04 bits per heavy atom. The minimum atomic E-state index is 0.0463. The first-order valence-electron chi connectivity index (χ1n) is 8.11. The number of aromatic nitrogens is 1. The molecule has 0 atom stereocenters. The molecule has 9 nitrogen and oxygen atoms in total. The highest BCUT2D eigenvalue weighted by atomic mass is 16.3. The number of allylic oxidation sites excluding steroid dienone is 1. The number of rotatable bonds is 6. The van der Waals surface area contributed by atoms with Crippen LogP contribution >= 0.6 is 0 Å². The Bertz CT molecular complexity index is 831. The number of nitrogens with zero attached hydrogens (tertiary/aromatic N) is 8. The molecule has 0 fully saturated rings. The van der Waals surface area contributed by atoms with E-state index in [-0.39, 0.29) is 6.61 Å². The van der Waals surface area contributed by atoms with Gasteiger partial charge < -0.3 is 5.11 Å². The lowest BCUT2D eigenvalue weighted by atomic mass is 10.3. The Kier molecular flexibility index (Phi) is 5.62. The van der Waals surface area contributed by atoms with E-state index in [4.69, 9.17) is 5.11 Å². The summed E-state index contributed by atoms with van der Waals surface area (Å²) in [5.41, 5.74) is 6.43. The minimum Gasteiger partial charge on any atom is -0.392 e. The van der Waals surface area contributed by atoms with Crippen LogP contribution in [0.3, 0.4) is 0 Å². The minimum absolute atomic E-state index is 0.0463. The highest BCUT2D eigenvalue weighted by Crippen LogP contribution is 2.21. The first-order chi connectivity index (χ1) is 12.7. The molecule has 0 aliphatic carbocycles. The van der Waals surface area contributed by atoms with Crippen LogP contribution in [0.15, 0.2) is 81.1 Å². The molecule has 2 heterocycles. The first kappa shape index (κ1) is 17.6. The fourth-order valence-electron chi connectivity index (χ4n) is 2.28. The van der Waals surface area contributed by atoms with E-state index < -0.39 is 0 Å². The molecular formula is C17H20N8O+. The number of aliphatic hydroxyl groups is 1. The van der Waals surface area contributed by atoms with Crippen molar-refractivity contribution in [3.63, 3.8) is 0 Å². The molecule has 1 N–H and O–H groups in total. The molecule has 1 radical (unpaired) electrons. The van der Waals surface area contributed by atoms with Crippen LogP contribution in [0.5, 0.6) is 0 Å². The van der Waals surface area contributed by atoms with Crippen LogP contribution in [-0.4, -0.2) is 28.9 Å². The molecule has 2 aromatic rings. The maximum absolute atomic E-state index is 9.09. The largest absolute Gasteiger partial charge is 0.392 e. The van der Waals surface area contributed by atoms with Crippen molar-refractivity contribution in [3.8, 4) is 0 Å². The molecule has 133 valence electrons. The molecule has 1 aliphatic rings. The van der Waals surface area contributed by atoms with E-state index in [9.17, 15) is 0 Å². The Hall–Kier alpha value is -3.17. The van der Waals surface area contributed by atoms with Crippen LogP contribution in [0.25, 0.3) is 0 Å². The van der Waals surface area contributed by atoms with Crippen LogP contribution in [0, 0.1) is 0 Å². The van der Waals surface area contributed by atoms with Gasteiger partial charge in [0.15, 0.2) is 0 Å². The number of hydrogen-bond donors (Lipinski definition) is 1. The Balaban J connectivity index is 1.66. The zero-order chi connectivity index (χ0) is 18.4. The third-order valence-corrected chi connectivity index (χ3v) is 3.54. The summed E-state index contributed by atoms with van der Waals surface area (Å²) in [6, 6.07) is 12.8. The lowest BCUT2D eigenvalue weighted by molar-refractivity contribution is -0.685. The molecule has 0 saturated carbocycles. The maximum atomic E-state index is 9.09. The molecule has 1 aliphatic heterocycles. The molecule has 9 heteroatoms. The van der Waals surface area contributed by atoms with E-state index in [0.717, 1.165) is 5.70 Å². The number of aliphatic hydroxyl groups excluding tert-OH is 1. The lowest BCUT2D eigenvalue weighted by Crippen LogP contribution is -2.35. The van der Waals surface area contributed by atoms with Gasteiger partial charge in [0.2, 0.25) is 0 Å². The summed E-state index contributed by atoms with van der Waals surface area (Å²) in [7, 11) is 1.83. The van der Waals surface area contributed by atoms with Crippen molar-refractivity contribution in [2.75, 3.05) is 13.7 Å². The first-order valence-corrected chi connectivity index (χ1v) is 8.11. The number of benzene rings is 1. The van der Waals surface area contributed by atoms with Crippen molar-refractivity contribution < 1.29 is 9.67 Å². The Morgan fingerprint density at radius 3 is 2.42 bits per heavy atom. The normalized spacial score (nSPS) is 14.7. The van der Waals surface area contributed by atoms with Crippen molar-refractivity contribution >= 4 is 17.2 Å². The lowest BCUT2D eigenvalue weighted by Gasteiger charge is -2.10. The van der Waals surface area contributed by atoms with Gasteiger partial charge in [-0.05, 0) is 47.6 Å². The van der Waals surface area contributed by atoms with Crippen molar-refractivity contribution in [2.45, 2.75) is 13.5 Å². The molecule has 26 heavy (non-hydrogen) atoms. The fourth-order valence-corrected chi connectivity index (χ4v) is 2.28. The van der Waals surface area contributed by atoms with E-state index in [1.165, 1.54) is 5.12 Å². The summed E-state index contributed by atoms with van der Waals surface area (Å²) >= 11 is 0. The zero-order valence-corrected chi connectivity index (χ0v) is 14.6. The number of azo groups is 1. The predicted molar refractivity (Wildman–Crippen MR) is 94.3 cm³/mol. The molecular weight excluding hydrogens is 332 g/mol. The average Bonchev–Trinajstić information content (AvgIpc) is 2.97. The van der Waals surface area contributed by atoms with Gasteiger partial charge in [-0.2, -0.15) is 0 Å². The molecule has 0 spiro atoms. The van der Waals surface area contributed by atoms with E-state index in [1.807, 2.05) is 73.4 Å². The van der Waals surface area contributed by atoms with Crippen LogP contribution in [0.1, 0.15) is 6.92 Å². The molecule has 0 bridgehead atoms. The van der Waals surface area contributed by atoms with Crippen molar-refractivity contribution in [1.29, 1.82) is 0 Å². The van der Waals surface area contributed by atoms with Gasteiger partial charge in [0.1, 0.15) is 12.2 Å². The predicted octanol–water partition coefficient (Wildman–Crippen LogP) is 2.92. The molecule has 3 rings (SSSR count). The molecule has 1 aromatic carbocycles. The van der Waals surface area contributed by atoms with Gasteiger partial charge in [-0.3, -0.25) is 5.01 Å². The van der Waals surface area contributed by atoms with Gasteiger partial charge in [0.05, 0.1) is 29.3 Å². The van der Waals surface area contributed by atoms with Gasteiger partial charge in [-0.15, -0.1) is 10.2 Å². The van der Waals surface area contributed by atoms with Crippen LogP contribution in [0.2, 0.25) is 0 Å². The van der Waals surface area contributed by atoms with Gasteiger partial charge in [0.25, 0.3) is 0 Å². The van der Waals surface area contributed by atoms with Gasteiger partial charge >= 0.3 is 5.82 Å². The third-order valence-electron chi connectivity index (χ3n) is 3.54. The van der Waals surface area contributed by atoms with Crippen molar-refractivity contribution in [1.82, 2.24) is 15.7 Å². The van der Waals surface area contributed by atoms with Crippen molar-refractivity contribution in [3.05, 3.63) is 60.6 Å². The molecule has 1 aromatic heterocycles. The molecule has 0 unspecified atom stereocenters. The summed E-state index contributed by atoms with van der Waals surface area (Å²) in [5, 5.41) is 28.9. The number of hydrogen-bond acceptors (Lipinski definition) is 6. The van der Waals surface area contributed by atoms with Crippen LogP contribution in [0.4, 0.5) is 17.2 Å². The zero-order valence-electron chi connectivity index (χ0n) is 14.6. The second-order valence-corrected chi connectivity index (χ2v) is 5.60. The fraction of sp³-hybridized carbons (Fsp3) is 0.235. The summed E-state index contributed by atoms with van der Waals surface area (Å²) in [6.07, 6.45) is 3.71. The van der Waals surface area contributed by atoms with E-state index >= 15 is 0 Å². The highest BCUT2D eigenvalue weighted by molar-refractivity contribution is 5.46. The second kappa shape index (κ2) is 8.28. The average molecular weight is 352 g/mol. The van der Waals surface area contributed by atoms with E-state index in [0.29, 0.717) is 23.7 Å². The van der Waals surface area contributed by atoms with Gasteiger partial charge in [0, 0.05) is 24.8 Å². The smallest absolute Gasteiger partial charge is 0.350 e. The SMILES string of the molecule is CC1=CN(C)[N]N1N=Nc1ccc(N=Nc2cccc[n+]2CCO)cc1. The van der Waals surface area contributed by atoms with E-state index in [1.54, 1.807) is 5.01 Å². The monoisotopic (exact) mass is 352 g/mol. The summed E-state index contributed by atoms with van der Waals surface area (Å²) in [4.78, 5) is 0. The van der Waals surface area contributed by atoms with Gasteiger partial charge in [-0.25, -0.2) is 4.57 Å². The maximum Gasteiger partial charge on any atom is 0.350 e. The third kappa shape index (κ3) is 4.47. The van der Waals surface area contributed by atoms with Gasteiger partial charge in [-0.1, -0.05) is 6.07 Å². The summed E-state index contributed by atoms with van der Waals surface area (Å²) in [6.45, 7) is 2.42. The van der Waals surface area contributed by atoms with E-state index in [2.05, 4.69) is 26.1 Å². The quantitative estimate of drug-likeness (QED) is 0.640. The Labute approximate surface area is 151 Å². The molecule has 0 saturated heterocycles. The van der Waals surface area contributed by atoms with Crippen LogP contribution < -0.4 is 10.1 Å². The highest BCUT2D eigenvalue weighted by Gasteiger charge is 2.15. The number of pyridine rings is 1. The topological polar surface area (TPSA) is 94.1 Å². The molecule has 0 amide bonds.